The quantitative estimate of drug-likeness (QED) is 0.654. The molecule has 0 aromatic carbocycles. The molecule has 2 atom stereocenters. The Hall–Kier alpha value is -1.74. The van der Waals surface area contributed by atoms with Crippen LogP contribution in [0.4, 0.5) is 13.2 Å². The molecule has 0 saturated heterocycles. The molecule has 3 aliphatic rings. The van der Waals surface area contributed by atoms with E-state index in [1.807, 2.05) is 25.2 Å². The van der Waals surface area contributed by atoms with Crippen LogP contribution in [-0.4, -0.2) is 24.5 Å². The maximum Gasteiger partial charge on any atom is 0.436 e. The summed E-state index contributed by atoms with van der Waals surface area (Å²) in [5, 5.41) is 5.76. The van der Waals surface area contributed by atoms with Crippen molar-refractivity contribution < 1.29 is 21.6 Å². The molecule has 0 N–H and O–H groups in total. The van der Waals surface area contributed by atoms with E-state index in [0.717, 1.165) is 29.2 Å². The Balaban J connectivity index is 1.79. The number of fused-ring (bicyclic) bond motifs is 3. The Bertz CT molecular complexity index is 1060. The first-order valence-corrected chi connectivity index (χ1v) is 11.6. The van der Waals surface area contributed by atoms with Gasteiger partial charge < -0.3 is 0 Å². The lowest BCUT2D eigenvalue weighted by Crippen LogP contribution is -2.21. The Morgan fingerprint density at radius 2 is 2.07 bits per heavy atom. The molecule has 2 heterocycles. The topological polar surface area (TPSA) is 52.0 Å². The summed E-state index contributed by atoms with van der Waals surface area (Å²) in [7, 11) is -3.27. The molecule has 4 rings (SSSR count). The third kappa shape index (κ3) is 3.39. The summed E-state index contributed by atoms with van der Waals surface area (Å²) < 4.78 is 65.9. The van der Waals surface area contributed by atoms with Gasteiger partial charge in [-0.15, -0.1) is 0 Å². The predicted octanol–water partition coefficient (Wildman–Crippen LogP) is 5.14. The van der Waals surface area contributed by atoms with Crippen LogP contribution in [0, 0.1) is 0 Å². The van der Waals surface area contributed by atoms with Gasteiger partial charge in [0, 0.05) is 17.1 Å². The van der Waals surface area contributed by atoms with Crippen LogP contribution in [0.25, 0.3) is 0 Å². The first-order chi connectivity index (χ1) is 13.1. The average Bonchev–Trinajstić information content (AvgIpc) is 3.01. The molecule has 1 aromatic rings. The fourth-order valence-electron chi connectivity index (χ4n) is 3.89. The summed E-state index contributed by atoms with van der Waals surface area (Å²) in [5.41, 5.74) is 1.69. The van der Waals surface area contributed by atoms with Crippen molar-refractivity contribution in [3.8, 4) is 0 Å². The van der Waals surface area contributed by atoms with E-state index in [1.165, 1.54) is 4.68 Å². The van der Waals surface area contributed by atoms with E-state index in [4.69, 9.17) is 0 Å². The minimum atomic E-state index is -4.54. The minimum Gasteiger partial charge on any atom is -0.263 e. The largest absolute Gasteiger partial charge is 0.436 e. The number of nitrogens with zero attached hydrogens (tertiary/aromatic N) is 2. The zero-order valence-corrected chi connectivity index (χ0v) is 17.0. The highest BCUT2D eigenvalue weighted by atomic mass is 32.2. The highest BCUT2D eigenvalue weighted by molar-refractivity contribution is 8.02. The van der Waals surface area contributed by atoms with Crippen LogP contribution >= 0.6 is 11.8 Å². The Labute approximate surface area is 165 Å². The van der Waals surface area contributed by atoms with Gasteiger partial charge >= 0.3 is 6.18 Å². The number of hydrogen-bond donors (Lipinski definition) is 0. The van der Waals surface area contributed by atoms with Gasteiger partial charge in [-0.2, -0.15) is 18.3 Å². The molecule has 0 amide bonds. The smallest absolute Gasteiger partial charge is 0.263 e. The standard InChI is InChI=1S/C19H19F3N2O2S2/c1-11-3-8-15-12(9-11)10-27-17-16(15)24(23-18(17)19(20,21)22)13-4-6-14(7-5-13)28(2,25)26/h3,6,8-10,13,15H,4-5,7H2,1-2H3. The number of sulfone groups is 1. The van der Waals surface area contributed by atoms with Crippen molar-refractivity contribution in [3.63, 3.8) is 0 Å². The Kier molecular flexibility index (Phi) is 4.65. The Morgan fingerprint density at radius 3 is 2.68 bits per heavy atom. The second-order valence-electron chi connectivity index (χ2n) is 7.34. The molecule has 150 valence electrons. The van der Waals surface area contributed by atoms with Crippen LogP contribution in [0.1, 0.15) is 49.5 Å². The monoisotopic (exact) mass is 428 g/mol. The SMILES string of the molecule is CC1=CC2=CSc3c(C(F)(F)F)nn(C4CC=C(S(C)(=O)=O)CC4)c3C2C=C1. The molecule has 1 aliphatic heterocycles. The van der Waals surface area contributed by atoms with Crippen molar-refractivity contribution in [1.29, 1.82) is 0 Å². The second-order valence-corrected chi connectivity index (χ2v) is 10.3. The molecule has 2 unspecified atom stereocenters. The number of alkyl halides is 3. The van der Waals surface area contributed by atoms with Crippen LogP contribution in [0.5, 0.6) is 0 Å². The molecule has 0 fully saturated rings. The minimum absolute atomic E-state index is 0.150. The summed E-state index contributed by atoms with van der Waals surface area (Å²) in [6, 6.07) is -0.296. The maximum absolute atomic E-state index is 13.6. The zero-order chi connectivity index (χ0) is 20.3. The fourth-order valence-corrected chi connectivity index (χ4v) is 5.86. The summed E-state index contributed by atoms with van der Waals surface area (Å²) in [5.74, 6) is -0.274. The van der Waals surface area contributed by atoms with E-state index in [9.17, 15) is 21.6 Å². The summed E-state index contributed by atoms with van der Waals surface area (Å²) in [4.78, 5) is 0.503. The lowest BCUT2D eigenvalue weighted by atomic mass is 9.89. The highest BCUT2D eigenvalue weighted by Gasteiger charge is 2.43. The van der Waals surface area contributed by atoms with E-state index in [2.05, 4.69) is 5.10 Å². The number of hydrogen-bond acceptors (Lipinski definition) is 4. The van der Waals surface area contributed by atoms with Gasteiger partial charge in [0.1, 0.15) is 0 Å². The van der Waals surface area contributed by atoms with Crippen LogP contribution in [-0.2, 0) is 16.0 Å². The van der Waals surface area contributed by atoms with Gasteiger partial charge in [0.25, 0.3) is 0 Å². The molecule has 0 saturated carbocycles. The second kappa shape index (κ2) is 6.66. The number of allylic oxidation sites excluding steroid dienone is 7. The number of thioether (sulfide) groups is 1. The van der Waals surface area contributed by atoms with Gasteiger partial charge in [0.05, 0.1) is 16.6 Å². The van der Waals surface area contributed by atoms with Gasteiger partial charge in [-0.3, -0.25) is 4.68 Å². The van der Waals surface area contributed by atoms with Crippen LogP contribution in [0.15, 0.2) is 50.7 Å². The molecule has 2 aliphatic carbocycles. The summed E-state index contributed by atoms with van der Waals surface area (Å²) in [6.07, 6.45) is 5.16. The molecule has 9 heteroatoms. The van der Waals surface area contributed by atoms with Crippen molar-refractivity contribution in [1.82, 2.24) is 9.78 Å². The van der Waals surface area contributed by atoms with Crippen molar-refractivity contribution in [2.45, 2.75) is 49.2 Å². The van der Waals surface area contributed by atoms with Crippen molar-refractivity contribution in [2.24, 2.45) is 0 Å². The molecule has 4 nitrogen and oxygen atoms in total. The van der Waals surface area contributed by atoms with Crippen LogP contribution in [0.2, 0.25) is 0 Å². The third-order valence-electron chi connectivity index (χ3n) is 5.25. The first-order valence-electron chi connectivity index (χ1n) is 8.87. The molecule has 0 radical (unpaired) electrons. The third-order valence-corrected chi connectivity index (χ3v) is 7.60. The van der Waals surface area contributed by atoms with Crippen molar-refractivity contribution in [3.05, 3.63) is 57.2 Å². The predicted molar refractivity (Wildman–Crippen MR) is 103 cm³/mol. The van der Waals surface area contributed by atoms with Gasteiger partial charge in [-0.1, -0.05) is 41.6 Å². The molecular weight excluding hydrogens is 409 g/mol. The van der Waals surface area contributed by atoms with E-state index in [-0.39, 0.29) is 16.9 Å². The van der Waals surface area contributed by atoms with Crippen LogP contribution in [0.3, 0.4) is 0 Å². The van der Waals surface area contributed by atoms with Crippen LogP contribution < -0.4 is 0 Å². The number of aromatic nitrogens is 2. The van der Waals surface area contributed by atoms with Gasteiger partial charge in [0.2, 0.25) is 0 Å². The van der Waals surface area contributed by atoms with E-state index in [0.29, 0.717) is 29.9 Å². The Morgan fingerprint density at radius 1 is 1.32 bits per heavy atom. The lowest BCUT2D eigenvalue weighted by molar-refractivity contribution is -0.143. The van der Waals surface area contributed by atoms with Crippen molar-refractivity contribution >= 4 is 21.6 Å². The normalized spacial score (nSPS) is 24.8. The summed E-state index contributed by atoms with van der Waals surface area (Å²) >= 11 is 1.06. The summed E-state index contributed by atoms with van der Waals surface area (Å²) in [6.45, 7) is 1.95. The van der Waals surface area contributed by atoms with Gasteiger partial charge in [-0.05, 0) is 37.2 Å². The molecular formula is C19H19F3N2O2S2. The molecule has 0 bridgehead atoms. The maximum atomic E-state index is 13.6. The lowest BCUT2D eigenvalue weighted by Gasteiger charge is -2.29. The molecule has 0 spiro atoms. The first kappa shape index (κ1) is 19.6. The highest BCUT2D eigenvalue weighted by Crippen LogP contribution is 2.50. The average molecular weight is 429 g/mol. The van der Waals surface area contributed by atoms with Gasteiger partial charge in [-0.25, -0.2) is 8.42 Å². The van der Waals surface area contributed by atoms with E-state index >= 15 is 0 Å². The number of rotatable bonds is 2. The van der Waals surface area contributed by atoms with E-state index in [1.54, 1.807) is 11.5 Å². The van der Waals surface area contributed by atoms with Gasteiger partial charge in [0.15, 0.2) is 15.5 Å². The zero-order valence-electron chi connectivity index (χ0n) is 15.3. The number of halogens is 3. The fraction of sp³-hybridized carbons (Fsp3) is 0.421. The molecule has 28 heavy (non-hydrogen) atoms. The van der Waals surface area contributed by atoms with E-state index < -0.39 is 21.7 Å². The van der Waals surface area contributed by atoms with Crippen molar-refractivity contribution in [2.75, 3.05) is 6.26 Å². The molecule has 1 aromatic heterocycles.